The molecule has 0 aromatic heterocycles. The first-order chi connectivity index (χ1) is 8.72. The van der Waals surface area contributed by atoms with Gasteiger partial charge in [-0.2, -0.15) is 0 Å². The summed E-state index contributed by atoms with van der Waals surface area (Å²) in [5.41, 5.74) is 1.18. The van der Waals surface area contributed by atoms with Gasteiger partial charge >= 0.3 is 0 Å². The summed E-state index contributed by atoms with van der Waals surface area (Å²) in [6, 6.07) is 15.1. The Hall–Kier alpha value is -2.16. The molecule has 2 nitrogen and oxygen atoms in total. The Labute approximate surface area is 106 Å². The van der Waals surface area contributed by atoms with Crippen molar-refractivity contribution in [3.63, 3.8) is 0 Å². The van der Waals surface area contributed by atoms with Gasteiger partial charge in [0.15, 0.2) is 0 Å². The van der Waals surface area contributed by atoms with Crippen LogP contribution < -0.4 is 4.90 Å². The Morgan fingerprint density at radius 2 is 1.83 bits per heavy atom. The van der Waals surface area contributed by atoms with E-state index >= 15 is 0 Å². The second-order valence-corrected chi connectivity index (χ2v) is 3.90. The summed E-state index contributed by atoms with van der Waals surface area (Å²) in [5, 5.41) is 0. The van der Waals surface area contributed by atoms with Gasteiger partial charge in [-0.05, 0) is 37.3 Å². The standard InChI is InChI=1S/C15H14FNO/c1-2-17(14-10-6-9-13(16)11-14)15(18)12-7-4-3-5-8-12/h3-11H,2H2,1H3. The summed E-state index contributed by atoms with van der Waals surface area (Å²) in [6.07, 6.45) is 0. The monoisotopic (exact) mass is 243 g/mol. The van der Waals surface area contributed by atoms with Gasteiger partial charge in [0.2, 0.25) is 0 Å². The molecule has 0 N–H and O–H groups in total. The molecule has 0 aliphatic heterocycles. The number of rotatable bonds is 3. The number of halogens is 1. The summed E-state index contributed by atoms with van der Waals surface area (Å²) in [7, 11) is 0. The minimum atomic E-state index is -0.341. The average molecular weight is 243 g/mol. The van der Waals surface area contributed by atoms with Gasteiger partial charge in [-0.15, -0.1) is 0 Å². The fraction of sp³-hybridized carbons (Fsp3) is 0.133. The van der Waals surface area contributed by atoms with Crippen LogP contribution in [0.15, 0.2) is 54.6 Å². The van der Waals surface area contributed by atoms with Gasteiger partial charge in [0.1, 0.15) is 5.82 Å². The van der Waals surface area contributed by atoms with Gasteiger partial charge in [-0.3, -0.25) is 4.79 Å². The lowest BCUT2D eigenvalue weighted by molar-refractivity contribution is 0.0988. The number of anilines is 1. The van der Waals surface area contributed by atoms with E-state index in [2.05, 4.69) is 0 Å². The van der Waals surface area contributed by atoms with Crippen molar-refractivity contribution in [2.45, 2.75) is 6.92 Å². The molecule has 0 saturated heterocycles. The van der Waals surface area contributed by atoms with Crippen molar-refractivity contribution in [3.8, 4) is 0 Å². The van der Waals surface area contributed by atoms with Crippen LogP contribution in [-0.2, 0) is 0 Å². The average Bonchev–Trinajstić information content (AvgIpc) is 2.40. The van der Waals surface area contributed by atoms with E-state index in [-0.39, 0.29) is 11.7 Å². The van der Waals surface area contributed by atoms with Crippen LogP contribution in [0.25, 0.3) is 0 Å². The lowest BCUT2D eigenvalue weighted by Gasteiger charge is -2.21. The zero-order valence-electron chi connectivity index (χ0n) is 10.1. The highest BCUT2D eigenvalue weighted by molar-refractivity contribution is 6.06. The number of amides is 1. The Kier molecular flexibility index (Phi) is 3.72. The van der Waals surface area contributed by atoms with Gasteiger partial charge < -0.3 is 4.90 Å². The first-order valence-electron chi connectivity index (χ1n) is 5.85. The smallest absolute Gasteiger partial charge is 0.258 e. The first-order valence-corrected chi connectivity index (χ1v) is 5.85. The highest BCUT2D eigenvalue weighted by atomic mass is 19.1. The van der Waals surface area contributed by atoms with Gasteiger partial charge in [0.25, 0.3) is 5.91 Å². The Morgan fingerprint density at radius 1 is 1.11 bits per heavy atom. The van der Waals surface area contributed by atoms with Gasteiger partial charge in [0.05, 0.1) is 0 Å². The van der Waals surface area contributed by atoms with E-state index in [1.165, 1.54) is 12.1 Å². The molecule has 0 aliphatic rings. The lowest BCUT2D eigenvalue weighted by Crippen LogP contribution is -2.30. The third-order valence-electron chi connectivity index (χ3n) is 2.70. The molecule has 3 heteroatoms. The zero-order chi connectivity index (χ0) is 13.0. The summed E-state index contributed by atoms with van der Waals surface area (Å²) in [5.74, 6) is -0.462. The molecule has 92 valence electrons. The Morgan fingerprint density at radius 3 is 2.44 bits per heavy atom. The van der Waals surface area contributed by atoms with Crippen molar-refractivity contribution in [1.29, 1.82) is 0 Å². The van der Waals surface area contributed by atoms with Crippen molar-refractivity contribution < 1.29 is 9.18 Å². The maximum Gasteiger partial charge on any atom is 0.258 e. The Balaban J connectivity index is 2.32. The van der Waals surface area contributed by atoms with Crippen molar-refractivity contribution in [2.75, 3.05) is 11.4 Å². The summed E-state index contributed by atoms with van der Waals surface area (Å²) in [6.45, 7) is 2.36. The Bertz CT molecular complexity index is 539. The van der Waals surface area contributed by atoms with E-state index in [4.69, 9.17) is 0 Å². The molecule has 0 saturated carbocycles. The maximum absolute atomic E-state index is 13.2. The summed E-state index contributed by atoms with van der Waals surface area (Å²) < 4.78 is 13.2. The fourth-order valence-corrected chi connectivity index (χ4v) is 1.82. The van der Waals surface area contributed by atoms with Gasteiger partial charge in [0, 0.05) is 17.8 Å². The molecule has 0 unspecified atom stereocenters. The van der Waals surface area contributed by atoms with Crippen molar-refractivity contribution >= 4 is 11.6 Å². The number of hydrogen-bond donors (Lipinski definition) is 0. The molecule has 0 radical (unpaired) electrons. The van der Waals surface area contributed by atoms with E-state index in [0.717, 1.165) is 0 Å². The van der Waals surface area contributed by atoms with Crippen LogP contribution in [0.1, 0.15) is 17.3 Å². The second-order valence-electron chi connectivity index (χ2n) is 3.90. The number of nitrogens with zero attached hydrogens (tertiary/aromatic N) is 1. The molecule has 2 aromatic carbocycles. The van der Waals surface area contributed by atoms with Crippen LogP contribution in [0.4, 0.5) is 10.1 Å². The fourth-order valence-electron chi connectivity index (χ4n) is 1.82. The molecule has 0 heterocycles. The van der Waals surface area contributed by atoms with E-state index in [9.17, 15) is 9.18 Å². The van der Waals surface area contributed by atoms with Gasteiger partial charge in [-0.1, -0.05) is 24.3 Å². The molecule has 0 bridgehead atoms. The molecule has 2 aromatic rings. The van der Waals surface area contributed by atoms with E-state index in [1.54, 1.807) is 29.2 Å². The van der Waals surface area contributed by atoms with E-state index < -0.39 is 0 Å². The number of carbonyl (C=O) groups excluding carboxylic acids is 1. The van der Waals surface area contributed by atoms with Crippen LogP contribution in [-0.4, -0.2) is 12.5 Å². The molecule has 0 spiro atoms. The van der Waals surface area contributed by atoms with Crippen LogP contribution in [0.3, 0.4) is 0 Å². The van der Waals surface area contributed by atoms with E-state index in [0.29, 0.717) is 17.8 Å². The quantitative estimate of drug-likeness (QED) is 0.808. The predicted octanol–water partition coefficient (Wildman–Crippen LogP) is 3.49. The molecular formula is C15H14FNO. The summed E-state index contributed by atoms with van der Waals surface area (Å²) >= 11 is 0. The number of hydrogen-bond acceptors (Lipinski definition) is 1. The van der Waals surface area contributed by atoms with Crippen LogP contribution in [0, 0.1) is 5.82 Å². The summed E-state index contributed by atoms with van der Waals surface area (Å²) in [4.78, 5) is 13.8. The number of benzene rings is 2. The van der Waals surface area contributed by atoms with Crippen molar-refractivity contribution in [2.24, 2.45) is 0 Å². The third-order valence-corrected chi connectivity index (χ3v) is 2.70. The van der Waals surface area contributed by atoms with E-state index in [1.807, 2.05) is 25.1 Å². The topological polar surface area (TPSA) is 20.3 Å². The first kappa shape index (κ1) is 12.3. The van der Waals surface area contributed by atoms with Crippen LogP contribution in [0.5, 0.6) is 0 Å². The molecule has 0 fully saturated rings. The molecular weight excluding hydrogens is 229 g/mol. The second kappa shape index (κ2) is 5.45. The predicted molar refractivity (Wildman–Crippen MR) is 70.2 cm³/mol. The minimum Gasteiger partial charge on any atom is -0.309 e. The molecule has 18 heavy (non-hydrogen) atoms. The number of carbonyl (C=O) groups is 1. The SMILES string of the molecule is CCN(C(=O)c1ccccc1)c1cccc(F)c1. The van der Waals surface area contributed by atoms with Crippen molar-refractivity contribution in [1.82, 2.24) is 0 Å². The lowest BCUT2D eigenvalue weighted by atomic mass is 10.2. The molecule has 2 rings (SSSR count). The molecule has 0 aliphatic carbocycles. The van der Waals surface area contributed by atoms with Crippen LogP contribution in [0.2, 0.25) is 0 Å². The third kappa shape index (κ3) is 2.56. The molecule has 1 amide bonds. The zero-order valence-corrected chi connectivity index (χ0v) is 10.1. The maximum atomic E-state index is 13.2. The minimum absolute atomic E-state index is 0.122. The highest BCUT2D eigenvalue weighted by Gasteiger charge is 2.15. The van der Waals surface area contributed by atoms with Crippen molar-refractivity contribution in [3.05, 3.63) is 66.0 Å². The van der Waals surface area contributed by atoms with Crippen LogP contribution >= 0.6 is 0 Å². The highest BCUT2D eigenvalue weighted by Crippen LogP contribution is 2.18. The normalized spacial score (nSPS) is 10.1. The molecule has 0 atom stereocenters. The van der Waals surface area contributed by atoms with Gasteiger partial charge in [-0.25, -0.2) is 4.39 Å². The largest absolute Gasteiger partial charge is 0.309 e.